The maximum atomic E-state index is 12.1. The van der Waals surface area contributed by atoms with Gasteiger partial charge in [-0.05, 0) is 30.5 Å². The van der Waals surface area contributed by atoms with E-state index >= 15 is 0 Å². The summed E-state index contributed by atoms with van der Waals surface area (Å²) in [6, 6.07) is 10.3. The summed E-state index contributed by atoms with van der Waals surface area (Å²) in [6.45, 7) is 1.82. The average molecular weight is 300 g/mol. The van der Waals surface area contributed by atoms with Crippen molar-refractivity contribution in [1.82, 2.24) is 9.38 Å². The molecular weight excluding hydrogens is 288 g/mol. The Balaban J connectivity index is 1.85. The molecule has 0 radical (unpaired) electrons. The van der Waals surface area contributed by atoms with Gasteiger partial charge in [0.05, 0.1) is 5.69 Å². The van der Waals surface area contributed by atoms with Crippen LogP contribution >= 0.6 is 11.3 Å². The standard InChI is InChI=1S/C15H12N2O3S/c1-10-4-2-6-13-16-11(8-14(18)17(10)13)9-20-15(19)12-5-3-7-21-12/h2-8H,9H2,1H3. The van der Waals surface area contributed by atoms with Crippen LogP contribution in [0.15, 0.2) is 46.6 Å². The largest absolute Gasteiger partial charge is 0.455 e. The third kappa shape index (κ3) is 2.71. The second kappa shape index (κ2) is 5.49. The number of pyridine rings is 1. The van der Waals surface area contributed by atoms with Gasteiger partial charge in [-0.2, -0.15) is 0 Å². The van der Waals surface area contributed by atoms with Gasteiger partial charge >= 0.3 is 5.97 Å². The number of ether oxygens (including phenoxy) is 1. The van der Waals surface area contributed by atoms with Crippen molar-refractivity contribution in [2.24, 2.45) is 0 Å². The SMILES string of the molecule is Cc1cccc2nc(COC(=O)c3cccs3)cc(=O)n12. The molecule has 0 fully saturated rings. The van der Waals surface area contributed by atoms with Crippen LogP contribution in [0.1, 0.15) is 21.1 Å². The van der Waals surface area contributed by atoms with Crippen molar-refractivity contribution < 1.29 is 9.53 Å². The Kier molecular flexibility index (Phi) is 3.53. The van der Waals surface area contributed by atoms with Gasteiger partial charge in [0, 0.05) is 11.8 Å². The number of hydrogen-bond acceptors (Lipinski definition) is 5. The van der Waals surface area contributed by atoms with Crippen LogP contribution in [0.5, 0.6) is 0 Å². The smallest absolute Gasteiger partial charge is 0.348 e. The first-order valence-corrected chi connectivity index (χ1v) is 7.22. The summed E-state index contributed by atoms with van der Waals surface area (Å²) >= 11 is 1.31. The van der Waals surface area contributed by atoms with E-state index in [1.165, 1.54) is 21.8 Å². The van der Waals surface area contributed by atoms with Gasteiger partial charge in [-0.3, -0.25) is 9.20 Å². The quantitative estimate of drug-likeness (QED) is 0.697. The average Bonchev–Trinajstić information content (AvgIpc) is 2.98. The van der Waals surface area contributed by atoms with Gasteiger partial charge in [0.25, 0.3) is 5.56 Å². The molecule has 0 unspecified atom stereocenters. The number of esters is 1. The predicted octanol–water partition coefficient (Wildman–Crippen LogP) is 2.42. The van der Waals surface area contributed by atoms with Crippen molar-refractivity contribution in [3.05, 3.63) is 68.4 Å². The topological polar surface area (TPSA) is 60.7 Å². The lowest BCUT2D eigenvalue weighted by Crippen LogP contribution is -2.18. The minimum Gasteiger partial charge on any atom is -0.455 e. The fourth-order valence-corrected chi connectivity index (χ4v) is 2.66. The first-order chi connectivity index (χ1) is 10.1. The highest BCUT2D eigenvalue weighted by Gasteiger charge is 2.10. The summed E-state index contributed by atoms with van der Waals surface area (Å²) in [5.74, 6) is -0.406. The summed E-state index contributed by atoms with van der Waals surface area (Å²) in [5.41, 5.74) is 1.62. The normalized spacial score (nSPS) is 10.7. The molecule has 0 aromatic carbocycles. The van der Waals surface area contributed by atoms with Crippen LogP contribution < -0.4 is 5.56 Å². The molecule has 106 valence electrons. The lowest BCUT2D eigenvalue weighted by Gasteiger charge is -2.07. The zero-order chi connectivity index (χ0) is 14.8. The Hall–Kier alpha value is -2.47. The van der Waals surface area contributed by atoms with Crippen LogP contribution in [-0.2, 0) is 11.3 Å². The molecule has 3 aromatic rings. The fourth-order valence-electron chi connectivity index (χ4n) is 2.04. The second-order valence-corrected chi connectivity index (χ2v) is 5.45. The van der Waals surface area contributed by atoms with E-state index in [1.807, 2.05) is 19.1 Å². The molecule has 3 heterocycles. The Morgan fingerprint density at radius 2 is 2.19 bits per heavy atom. The lowest BCUT2D eigenvalue weighted by atomic mass is 10.3. The Morgan fingerprint density at radius 3 is 2.95 bits per heavy atom. The molecule has 0 saturated carbocycles. The van der Waals surface area contributed by atoms with Crippen LogP contribution in [0.2, 0.25) is 0 Å². The summed E-state index contributed by atoms with van der Waals surface area (Å²) in [4.78, 5) is 28.7. The number of thiophene rings is 1. The van der Waals surface area contributed by atoms with Gasteiger partial charge < -0.3 is 4.74 Å². The van der Waals surface area contributed by atoms with Crippen LogP contribution in [0.4, 0.5) is 0 Å². The molecule has 3 aromatic heterocycles. The van der Waals surface area contributed by atoms with Crippen LogP contribution in [-0.4, -0.2) is 15.4 Å². The van der Waals surface area contributed by atoms with E-state index in [0.717, 1.165) is 5.69 Å². The van der Waals surface area contributed by atoms with Crippen LogP contribution in [0.3, 0.4) is 0 Å². The monoisotopic (exact) mass is 300 g/mol. The number of carbonyl (C=O) groups excluding carboxylic acids is 1. The van der Waals surface area contributed by atoms with Gasteiger partial charge in [-0.25, -0.2) is 9.78 Å². The van der Waals surface area contributed by atoms with E-state index in [-0.39, 0.29) is 12.2 Å². The number of fused-ring (bicyclic) bond motifs is 1. The minimum absolute atomic E-state index is 0.0174. The van der Waals surface area contributed by atoms with Crippen molar-refractivity contribution >= 4 is 23.0 Å². The van der Waals surface area contributed by atoms with E-state index in [2.05, 4.69) is 4.98 Å². The lowest BCUT2D eigenvalue weighted by molar-refractivity contribution is 0.0473. The predicted molar refractivity (Wildman–Crippen MR) is 79.6 cm³/mol. The summed E-state index contributed by atoms with van der Waals surface area (Å²) in [7, 11) is 0. The molecule has 0 aliphatic carbocycles. The highest BCUT2D eigenvalue weighted by Crippen LogP contribution is 2.11. The number of nitrogens with zero attached hydrogens (tertiary/aromatic N) is 2. The van der Waals surface area contributed by atoms with Crippen LogP contribution in [0.25, 0.3) is 5.65 Å². The first-order valence-electron chi connectivity index (χ1n) is 6.34. The molecule has 3 rings (SSSR count). The third-order valence-electron chi connectivity index (χ3n) is 3.01. The fraction of sp³-hybridized carbons (Fsp3) is 0.133. The van der Waals surface area contributed by atoms with E-state index < -0.39 is 5.97 Å². The van der Waals surface area contributed by atoms with E-state index in [0.29, 0.717) is 16.2 Å². The molecule has 0 amide bonds. The maximum absolute atomic E-state index is 12.1. The van der Waals surface area contributed by atoms with Gasteiger partial charge in [0.1, 0.15) is 17.1 Å². The molecule has 21 heavy (non-hydrogen) atoms. The molecule has 5 nitrogen and oxygen atoms in total. The number of rotatable bonds is 3. The highest BCUT2D eigenvalue weighted by atomic mass is 32.1. The van der Waals surface area contributed by atoms with Gasteiger partial charge in [0.2, 0.25) is 0 Å². The highest BCUT2D eigenvalue weighted by molar-refractivity contribution is 7.11. The van der Waals surface area contributed by atoms with Gasteiger partial charge in [-0.15, -0.1) is 11.3 Å². The Morgan fingerprint density at radius 1 is 1.33 bits per heavy atom. The Labute approximate surface area is 124 Å². The van der Waals surface area contributed by atoms with E-state index in [4.69, 9.17) is 4.74 Å². The number of aryl methyl sites for hydroxylation is 1. The molecule has 0 saturated heterocycles. The minimum atomic E-state index is -0.406. The molecule has 0 bridgehead atoms. The summed E-state index contributed by atoms with van der Waals surface area (Å²) in [6.07, 6.45) is 0. The first kappa shape index (κ1) is 13.5. The van der Waals surface area contributed by atoms with Crippen molar-refractivity contribution in [3.8, 4) is 0 Å². The van der Waals surface area contributed by atoms with Crippen molar-refractivity contribution in [3.63, 3.8) is 0 Å². The molecule has 6 heteroatoms. The summed E-state index contributed by atoms with van der Waals surface area (Å²) in [5, 5.41) is 1.81. The zero-order valence-electron chi connectivity index (χ0n) is 11.3. The Bertz CT molecular complexity index is 853. The molecule has 0 spiro atoms. The summed E-state index contributed by atoms with van der Waals surface area (Å²) < 4.78 is 6.69. The number of hydrogen-bond donors (Lipinski definition) is 0. The van der Waals surface area contributed by atoms with Gasteiger partial charge in [-0.1, -0.05) is 12.1 Å². The van der Waals surface area contributed by atoms with E-state index in [9.17, 15) is 9.59 Å². The molecular formula is C15H12N2O3S. The van der Waals surface area contributed by atoms with Gasteiger partial charge in [0.15, 0.2) is 0 Å². The molecule has 0 aliphatic heterocycles. The second-order valence-electron chi connectivity index (χ2n) is 4.50. The number of carbonyl (C=O) groups is 1. The van der Waals surface area contributed by atoms with Crippen molar-refractivity contribution in [2.75, 3.05) is 0 Å². The van der Waals surface area contributed by atoms with E-state index in [1.54, 1.807) is 23.6 Å². The zero-order valence-corrected chi connectivity index (χ0v) is 12.1. The molecule has 0 N–H and O–H groups in total. The third-order valence-corrected chi connectivity index (χ3v) is 3.86. The molecule has 0 atom stereocenters. The van der Waals surface area contributed by atoms with Crippen molar-refractivity contribution in [2.45, 2.75) is 13.5 Å². The maximum Gasteiger partial charge on any atom is 0.348 e. The van der Waals surface area contributed by atoms with Crippen LogP contribution in [0, 0.1) is 6.92 Å². The number of aromatic nitrogens is 2. The van der Waals surface area contributed by atoms with Crippen molar-refractivity contribution in [1.29, 1.82) is 0 Å². The molecule has 0 aliphatic rings.